The van der Waals surface area contributed by atoms with Crippen LogP contribution < -0.4 is 16.0 Å². The van der Waals surface area contributed by atoms with Gasteiger partial charge in [-0.3, -0.25) is 9.59 Å². The van der Waals surface area contributed by atoms with E-state index < -0.39 is 5.54 Å². The van der Waals surface area contributed by atoms with Crippen molar-refractivity contribution in [3.63, 3.8) is 0 Å². The number of anilines is 1. The van der Waals surface area contributed by atoms with Gasteiger partial charge in [-0.15, -0.1) is 0 Å². The summed E-state index contributed by atoms with van der Waals surface area (Å²) in [7, 11) is 0. The lowest BCUT2D eigenvalue weighted by Gasteiger charge is -2.25. The molecule has 1 aliphatic carbocycles. The Kier molecular flexibility index (Phi) is 6.38. The van der Waals surface area contributed by atoms with E-state index in [4.69, 9.17) is 11.6 Å². The smallest absolute Gasteiger partial charge is 0.253 e. The zero-order chi connectivity index (χ0) is 20.2. The van der Waals surface area contributed by atoms with E-state index in [9.17, 15) is 14.9 Å². The average Bonchev–Trinajstić information content (AvgIpc) is 3.45. The van der Waals surface area contributed by atoms with Gasteiger partial charge in [-0.1, -0.05) is 18.5 Å². The first kappa shape index (κ1) is 21.0. The van der Waals surface area contributed by atoms with Crippen molar-refractivity contribution < 1.29 is 9.59 Å². The maximum Gasteiger partial charge on any atom is 0.253 e. The molecule has 1 unspecified atom stereocenters. The highest BCUT2D eigenvalue weighted by Crippen LogP contribution is 2.39. The Morgan fingerprint density at radius 3 is 2.44 bits per heavy atom. The lowest BCUT2D eigenvalue weighted by molar-refractivity contribution is -0.120. The lowest BCUT2D eigenvalue weighted by atomic mass is 9.98. The molecule has 0 spiro atoms. The summed E-state index contributed by atoms with van der Waals surface area (Å²) in [5, 5.41) is 18.3. The molecule has 0 bridgehead atoms. The quantitative estimate of drug-likeness (QED) is 0.633. The SMILES string of the molecule is CCC(C)(C)NC(=O)c1ccc(NCC(=O)NC(C)(C#N)C2CC2)cc1Cl. The predicted octanol–water partition coefficient (Wildman–Crippen LogP) is 3.48. The van der Waals surface area contributed by atoms with E-state index in [2.05, 4.69) is 22.0 Å². The Balaban J connectivity index is 1.94. The lowest BCUT2D eigenvalue weighted by Crippen LogP contribution is -2.48. The number of rotatable bonds is 8. The molecule has 1 aromatic rings. The van der Waals surface area contributed by atoms with Gasteiger partial charge in [0.2, 0.25) is 5.91 Å². The number of nitrogens with zero attached hydrogens (tertiary/aromatic N) is 1. The molecule has 0 saturated heterocycles. The highest BCUT2D eigenvalue weighted by atomic mass is 35.5. The maximum atomic E-state index is 12.4. The molecule has 0 heterocycles. The first-order valence-electron chi connectivity index (χ1n) is 9.18. The summed E-state index contributed by atoms with van der Waals surface area (Å²) in [6, 6.07) is 7.15. The Morgan fingerprint density at radius 2 is 1.93 bits per heavy atom. The second-order valence-electron chi connectivity index (χ2n) is 7.88. The van der Waals surface area contributed by atoms with Crippen LogP contribution in [0.5, 0.6) is 0 Å². The first-order chi connectivity index (χ1) is 12.6. The third-order valence-electron chi connectivity index (χ3n) is 5.03. The minimum absolute atomic E-state index is 0.0225. The number of carbonyl (C=O) groups is 2. The van der Waals surface area contributed by atoms with Gasteiger partial charge < -0.3 is 16.0 Å². The fourth-order valence-corrected chi connectivity index (χ4v) is 2.94. The summed E-state index contributed by atoms with van der Waals surface area (Å²) in [4.78, 5) is 24.5. The van der Waals surface area contributed by atoms with Crippen molar-refractivity contribution in [2.24, 2.45) is 5.92 Å². The molecule has 1 aliphatic rings. The predicted molar refractivity (Wildman–Crippen MR) is 107 cm³/mol. The van der Waals surface area contributed by atoms with E-state index in [1.54, 1.807) is 25.1 Å². The normalized spacial score (nSPS) is 16.0. The first-order valence-corrected chi connectivity index (χ1v) is 9.56. The van der Waals surface area contributed by atoms with Crippen LogP contribution >= 0.6 is 11.6 Å². The number of halogens is 1. The fraction of sp³-hybridized carbons (Fsp3) is 0.550. The largest absolute Gasteiger partial charge is 0.376 e. The minimum Gasteiger partial charge on any atom is -0.376 e. The van der Waals surface area contributed by atoms with Crippen LogP contribution in [0.2, 0.25) is 5.02 Å². The summed E-state index contributed by atoms with van der Waals surface area (Å²) < 4.78 is 0. The molecule has 1 saturated carbocycles. The molecule has 0 aromatic heterocycles. The number of carbonyl (C=O) groups excluding carboxylic acids is 2. The van der Waals surface area contributed by atoms with Crippen molar-refractivity contribution >= 4 is 29.1 Å². The van der Waals surface area contributed by atoms with Crippen LogP contribution in [0.25, 0.3) is 0 Å². The van der Waals surface area contributed by atoms with Gasteiger partial charge in [0.1, 0.15) is 5.54 Å². The van der Waals surface area contributed by atoms with Crippen LogP contribution in [0.1, 0.15) is 57.3 Å². The zero-order valence-corrected chi connectivity index (χ0v) is 17.0. The number of hydrogen-bond acceptors (Lipinski definition) is 4. The summed E-state index contributed by atoms with van der Waals surface area (Å²) >= 11 is 6.25. The standard InChI is InChI=1S/C20H27ClN4O2/c1-5-19(2,3)25-18(27)15-9-8-14(10-16(15)21)23-11-17(26)24-20(4,12-22)13-6-7-13/h8-10,13,23H,5-7,11H2,1-4H3,(H,24,26)(H,25,27). The number of benzene rings is 1. The van der Waals surface area contributed by atoms with Crippen molar-refractivity contribution in [2.75, 3.05) is 11.9 Å². The second-order valence-corrected chi connectivity index (χ2v) is 8.28. The molecule has 1 aromatic carbocycles. The van der Waals surface area contributed by atoms with Gasteiger partial charge in [-0.05, 0) is 64.2 Å². The number of nitriles is 1. The van der Waals surface area contributed by atoms with Gasteiger partial charge >= 0.3 is 0 Å². The van der Waals surface area contributed by atoms with Crippen LogP contribution in [-0.2, 0) is 4.79 Å². The van der Waals surface area contributed by atoms with Gasteiger partial charge in [0, 0.05) is 11.2 Å². The van der Waals surface area contributed by atoms with E-state index in [0.717, 1.165) is 19.3 Å². The van der Waals surface area contributed by atoms with Gasteiger partial charge in [0.15, 0.2) is 0 Å². The highest BCUT2D eigenvalue weighted by Gasteiger charge is 2.42. The molecule has 1 fully saturated rings. The molecule has 2 amide bonds. The van der Waals surface area contributed by atoms with E-state index in [0.29, 0.717) is 16.3 Å². The Labute approximate surface area is 165 Å². The molecule has 1 atom stereocenters. The summed E-state index contributed by atoms with van der Waals surface area (Å²) in [5.74, 6) is -0.259. The van der Waals surface area contributed by atoms with Gasteiger partial charge in [0.05, 0.1) is 23.2 Å². The van der Waals surface area contributed by atoms with E-state index in [1.807, 2.05) is 20.8 Å². The number of amides is 2. The summed E-state index contributed by atoms with van der Waals surface area (Å²) in [6.07, 6.45) is 2.73. The Hall–Kier alpha value is -2.26. The third kappa shape index (κ3) is 5.61. The zero-order valence-electron chi connectivity index (χ0n) is 16.3. The van der Waals surface area contributed by atoms with Crippen LogP contribution in [0.15, 0.2) is 18.2 Å². The highest BCUT2D eigenvalue weighted by molar-refractivity contribution is 6.34. The molecule has 6 nitrogen and oxygen atoms in total. The molecule has 3 N–H and O–H groups in total. The molecule has 0 radical (unpaired) electrons. The Bertz CT molecular complexity index is 768. The van der Waals surface area contributed by atoms with Crippen molar-refractivity contribution in [1.82, 2.24) is 10.6 Å². The van der Waals surface area contributed by atoms with Crippen molar-refractivity contribution in [3.8, 4) is 6.07 Å². The third-order valence-corrected chi connectivity index (χ3v) is 5.34. The number of hydrogen-bond donors (Lipinski definition) is 3. The summed E-state index contributed by atoms with van der Waals surface area (Å²) in [6.45, 7) is 7.67. The van der Waals surface area contributed by atoms with Crippen molar-refractivity contribution in [2.45, 2.75) is 58.0 Å². The second kappa shape index (κ2) is 8.18. The van der Waals surface area contributed by atoms with E-state index in [-0.39, 0.29) is 29.8 Å². The Morgan fingerprint density at radius 1 is 1.26 bits per heavy atom. The number of nitrogens with one attached hydrogen (secondary N) is 3. The fourth-order valence-electron chi connectivity index (χ4n) is 2.67. The van der Waals surface area contributed by atoms with Gasteiger partial charge in [0.25, 0.3) is 5.91 Å². The molecule has 7 heteroatoms. The monoisotopic (exact) mass is 390 g/mol. The van der Waals surface area contributed by atoms with E-state index >= 15 is 0 Å². The molecule has 0 aliphatic heterocycles. The van der Waals surface area contributed by atoms with Crippen LogP contribution in [0.3, 0.4) is 0 Å². The van der Waals surface area contributed by atoms with Crippen LogP contribution in [0.4, 0.5) is 5.69 Å². The maximum absolute atomic E-state index is 12.4. The molecular formula is C20H27ClN4O2. The van der Waals surface area contributed by atoms with Gasteiger partial charge in [-0.25, -0.2) is 0 Å². The average molecular weight is 391 g/mol. The van der Waals surface area contributed by atoms with Crippen LogP contribution in [0, 0.1) is 17.2 Å². The van der Waals surface area contributed by atoms with E-state index in [1.165, 1.54) is 0 Å². The molecule has 2 rings (SSSR count). The van der Waals surface area contributed by atoms with Crippen molar-refractivity contribution in [1.29, 1.82) is 5.26 Å². The minimum atomic E-state index is -0.815. The van der Waals surface area contributed by atoms with Crippen molar-refractivity contribution in [3.05, 3.63) is 28.8 Å². The molecule has 146 valence electrons. The molecule has 27 heavy (non-hydrogen) atoms. The van der Waals surface area contributed by atoms with Gasteiger partial charge in [-0.2, -0.15) is 5.26 Å². The molecular weight excluding hydrogens is 364 g/mol. The van der Waals surface area contributed by atoms with Crippen LogP contribution in [-0.4, -0.2) is 29.4 Å². The summed E-state index contributed by atoms with van der Waals surface area (Å²) in [5.41, 5.74) is -0.111. The topological polar surface area (TPSA) is 94.0 Å².